The monoisotopic (exact) mass is 258 g/mol. The van der Waals surface area contributed by atoms with Gasteiger partial charge in [0, 0.05) is 12.8 Å². The van der Waals surface area contributed by atoms with Crippen LogP contribution in [0.5, 0.6) is 0 Å². The molecular formula is C16H18O3. The molecule has 2 aliphatic carbocycles. The van der Waals surface area contributed by atoms with Crippen molar-refractivity contribution in [2.45, 2.75) is 52.4 Å². The number of rotatable bonds is 2. The lowest BCUT2D eigenvalue weighted by atomic mass is 9.81. The van der Waals surface area contributed by atoms with Crippen LogP contribution in [-0.2, 0) is 14.3 Å². The second-order valence-corrected chi connectivity index (χ2v) is 5.65. The van der Waals surface area contributed by atoms with Crippen LogP contribution < -0.4 is 0 Å². The molecule has 2 rings (SSSR count). The van der Waals surface area contributed by atoms with Crippen LogP contribution in [0.25, 0.3) is 0 Å². The summed E-state index contributed by atoms with van der Waals surface area (Å²) in [6.45, 7) is 3.48. The van der Waals surface area contributed by atoms with Gasteiger partial charge in [-0.1, -0.05) is 11.8 Å². The summed E-state index contributed by atoms with van der Waals surface area (Å²) in [5.41, 5.74) is -1.68. The summed E-state index contributed by atoms with van der Waals surface area (Å²) in [6.07, 6.45) is 4.64. The van der Waals surface area contributed by atoms with Crippen molar-refractivity contribution in [3.8, 4) is 23.7 Å². The third-order valence-electron chi connectivity index (χ3n) is 3.77. The van der Waals surface area contributed by atoms with E-state index in [0.717, 1.165) is 25.7 Å². The molecule has 19 heavy (non-hydrogen) atoms. The van der Waals surface area contributed by atoms with E-state index in [1.165, 1.54) is 0 Å². The summed E-state index contributed by atoms with van der Waals surface area (Å²) in [7, 11) is 0. The molecule has 0 aromatic rings. The zero-order valence-corrected chi connectivity index (χ0v) is 11.5. The highest BCUT2D eigenvalue weighted by Gasteiger charge is 2.40. The summed E-state index contributed by atoms with van der Waals surface area (Å²) < 4.78 is 5.05. The number of ether oxygens (including phenoxy) is 1. The zero-order valence-electron chi connectivity index (χ0n) is 11.5. The first-order valence-electron chi connectivity index (χ1n) is 6.73. The lowest BCUT2D eigenvalue weighted by Crippen LogP contribution is -2.37. The highest BCUT2D eigenvalue weighted by atomic mass is 16.6. The van der Waals surface area contributed by atoms with E-state index in [1.54, 1.807) is 13.8 Å². The number of carbonyl (C=O) groups excluding carboxylic acids is 2. The third kappa shape index (κ3) is 2.82. The Morgan fingerprint density at radius 1 is 0.895 bits per heavy atom. The summed E-state index contributed by atoms with van der Waals surface area (Å²) in [4.78, 5) is 24.2. The molecule has 0 aromatic carbocycles. The second kappa shape index (κ2) is 5.10. The predicted octanol–water partition coefficient (Wildman–Crippen LogP) is 2.44. The number of hydrogen-bond donors (Lipinski definition) is 0. The largest absolute Gasteiger partial charge is 0.391 e. The maximum atomic E-state index is 12.1. The van der Waals surface area contributed by atoms with Crippen LogP contribution in [-0.4, -0.2) is 11.9 Å². The molecule has 0 saturated heterocycles. The second-order valence-electron chi connectivity index (χ2n) is 5.65. The molecule has 2 atom stereocenters. The third-order valence-corrected chi connectivity index (χ3v) is 3.77. The molecule has 3 heteroatoms. The van der Waals surface area contributed by atoms with Crippen LogP contribution in [0.2, 0.25) is 0 Å². The molecule has 0 bridgehead atoms. The van der Waals surface area contributed by atoms with Crippen molar-refractivity contribution in [1.82, 2.24) is 0 Å². The molecule has 0 fully saturated rings. The van der Waals surface area contributed by atoms with Crippen molar-refractivity contribution >= 4 is 11.9 Å². The molecule has 0 spiro atoms. The number of carbonyl (C=O) groups is 2. The van der Waals surface area contributed by atoms with Gasteiger partial charge in [0.2, 0.25) is 0 Å². The Hall–Kier alpha value is -1.74. The Labute approximate surface area is 114 Å². The normalized spacial score (nSPS) is 32.3. The topological polar surface area (TPSA) is 43.4 Å². The van der Waals surface area contributed by atoms with Crippen molar-refractivity contribution in [2.24, 2.45) is 10.8 Å². The standard InChI is InChI=1S/C16H18O3/c1-15(9-5-3-6-10-15)13(17)19-14(18)16(2)11-7-4-8-12-16/h3-5,7,9,11H2,1-2H3. The van der Waals surface area contributed by atoms with Crippen LogP contribution in [0.3, 0.4) is 0 Å². The first-order chi connectivity index (χ1) is 8.96. The van der Waals surface area contributed by atoms with Gasteiger partial charge in [-0.05, 0) is 39.5 Å². The van der Waals surface area contributed by atoms with E-state index in [9.17, 15) is 9.59 Å². The molecule has 0 aliphatic heterocycles. The molecule has 0 saturated carbocycles. The average Bonchev–Trinajstić information content (AvgIpc) is 2.40. The number of esters is 2. The van der Waals surface area contributed by atoms with Gasteiger partial charge in [-0.25, -0.2) is 9.59 Å². The highest BCUT2D eigenvalue weighted by molar-refractivity contribution is 5.94. The molecule has 0 amide bonds. The Balaban J connectivity index is 2.07. The van der Waals surface area contributed by atoms with Crippen LogP contribution in [0, 0.1) is 34.5 Å². The molecule has 0 aromatic heterocycles. The smallest absolute Gasteiger partial charge is 0.331 e. The average molecular weight is 258 g/mol. The first-order valence-corrected chi connectivity index (χ1v) is 6.73. The summed E-state index contributed by atoms with van der Waals surface area (Å²) in [6, 6.07) is 0. The van der Waals surface area contributed by atoms with Crippen molar-refractivity contribution in [1.29, 1.82) is 0 Å². The molecule has 100 valence electrons. The van der Waals surface area contributed by atoms with Gasteiger partial charge in [0.25, 0.3) is 0 Å². The van der Waals surface area contributed by atoms with Gasteiger partial charge in [0.1, 0.15) is 10.8 Å². The Morgan fingerprint density at radius 2 is 1.32 bits per heavy atom. The molecule has 0 heterocycles. The van der Waals surface area contributed by atoms with Crippen LogP contribution in [0.1, 0.15) is 52.4 Å². The van der Waals surface area contributed by atoms with Crippen molar-refractivity contribution in [2.75, 3.05) is 0 Å². The summed E-state index contributed by atoms with van der Waals surface area (Å²) in [5, 5.41) is 0. The Bertz CT molecular complexity index is 478. The van der Waals surface area contributed by atoms with E-state index >= 15 is 0 Å². The highest BCUT2D eigenvalue weighted by Crippen LogP contribution is 2.32. The van der Waals surface area contributed by atoms with Gasteiger partial charge in [0.05, 0.1) is 0 Å². The van der Waals surface area contributed by atoms with Gasteiger partial charge in [-0.15, -0.1) is 11.8 Å². The molecule has 2 aliphatic rings. The lowest BCUT2D eigenvalue weighted by molar-refractivity contribution is -0.169. The molecule has 0 N–H and O–H groups in total. The van der Waals surface area contributed by atoms with E-state index in [1.807, 2.05) is 0 Å². The van der Waals surface area contributed by atoms with E-state index < -0.39 is 22.8 Å². The first kappa shape index (κ1) is 13.7. The van der Waals surface area contributed by atoms with Gasteiger partial charge in [-0.3, -0.25) is 0 Å². The minimum atomic E-state index is -0.841. The zero-order chi connectivity index (χ0) is 13.9. The van der Waals surface area contributed by atoms with Crippen LogP contribution >= 0.6 is 0 Å². The van der Waals surface area contributed by atoms with E-state index in [0.29, 0.717) is 12.8 Å². The Kier molecular flexibility index (Phi) is 3.67. The predicted molar refractivity (Wildman–Crippen MR) is 70.6 cm³/mol. The van der Waals surface area contributed by atoms with Crippen molar-refractivity contribution in [3.05, 3.63) is 0 Å². The minimum absolute atomic E-state index is 0.529. The maximum Gasteiger partial charge on any atom is 0.331 e. The van der Waals surface area contributed by atoms with E-state index in [2.05, 4.69) is 23.7 Å². The van der Waals surface area contributed by atoms with Gasteiger partial charge in [0.15, 0.2) is 0 Å². The molecule has 3 nitrogen and oxygen atoms in total. The molecular weight excluding hydrogens is 240 g/mol. The SMILES string of the molecule is CC1(C(=O)OC(=O)C2(C)C#CCCC2)C#CCCC1. The van der Waals surface area contributed by atoms with Crippen LogP contribution in [0.15, 0.2) is 0 Å². The minimum Gasteiger partial charge on any atom is -0.391 e. The van der Waals surface area contributed by atoms with Gasteiger partial charge in [-0.2, -0.15) is 0 Å². The maximum absolute atomic E-state index is 12.1. The Morgan fingerprint density at radius 3 is 1.63 bits per heavy atom. The quantitative estimate of drug-likeness (QED) is 0.434. The molecule has 2 unspecified atom stereocenters. The molecule has 0 radical (unpaired) electrons. The fourth-order valence-corrected chi connectivity index (χ4v) is 2.32. The van der Waals surface area contributed by atoms with Crippen LogP contribution in [0.4, 0.5) is 0 Å². The van der Waals surface area contributed by atoms with E-state index in [4.69, 9.17) is 4.74 Å². The number of hydrogen-bond acceptors (Lipinski definition) is 3. The van der Waals surface area contributed by atoms with Crippen molar-refractivity contribution in [3.63, 3.8) is 0 Å². The fraction of sp³-hybridized carbons (Fsp3) is 0.625. The fourth-order valence-electron chi connectivity index (χ4n) is 2.32. The van der Waals surface area contributed by atoms with E-state index in [-0.39, 0.29) is 0 Å². The summed E-state index contributed by atoms with van der Waals surface area (Å²) in [5.74, 6) is 10.6. The summed E-state index contributed by atoms with van der Waals surface area (Å²) >= 11 is 0. The van der Waals surface area contributed by atoms with Gasteiger partial charge < -0.3 is 4.74 Å². The van der Waals surface area contributed by atoms with Crippen molar-refractivity contribution < 1.29 is 14.3 Å². The lowest BCUT2D eigenvalue weighted by Gasteiger charge is -2.27. The van der Waals surface area contributed by atoms with Gasteiger partial charge >= 0.3 is 11.9 Å².